The summed E-state index contributed by atoms with van der Waals surface area (Å²) in [6.45, 7) is 9.74. The van der Waals surface area contributed by atoms with Crippen LogP contribution in [0.4, 0.5) is 0 Å². The van der Waals surface area contributed by atoms with Crippen LogP contribution in [-0.4, -0.2) is 65.4 Å². The molecule has 5 atom stereocenters. The van der Waals surface area contributed by atoms with Crippen molar-refractivity contribution >= 4 is 41.5 Å². The third-order valence-corrected chi connectivity index (χ3v) is 7.35. The van der Waals surface area contributed by atoms with Crippen molar-refractivity contribution in [2.24, 2.45) is 17.3 Å². The Morgan fingerprint density at radius 1 is 1.21 bits per heavy atom. The Bertz CT molecular complexity index is 909. The Morgan fingerprint density at radius 2 is 1.88 bits per heavy atom. The zero-order chi connectivity index (χ0) is 24.7. The van der Waals surface area contributed by atoms with Crippen molar-refractivity contribution in [3.8, 4) is 0 Å². The number of rotatable bonds is 7. The van der Waals surface area contributed by atoms with E-state index in [1.807, 2.05) is 6.92 Å². The van der Waals surface area contributed by atoms with Crippen LogP contribution in [0, 0.1) is 17.3 Å². The Balaban J connectivity index is 1.80. The van der Waals surface area contributed by atoms with Crippen molar-refractivity contribution < 1.29 is 38.2 Å². The molecular formula is C22H30N2O8S. The van der Waals surface area contributed by atoms with Crippen molar-refractivity contribution in [2.75, 3.05) is 13.3 Å². The maximum absolute atomic E-state index is 13.0. The molecule has 1 N–H and O–H groups in total. The highest BCUT2D eigenvalue weighted by Gasteiger charge is 2.61. The summed E-state index contributed by atoms with van der Waals surface area (Å²) in [6, 6.07) is -0.376. The molecule has 182 valence electrons. The van der Waals surface area contributed by atoms with Gasteiger partial charge >= 0.3 is 17.9 Å². The summed E-state index contributed by atoms with van der Waals surface area (Å²) >= 11 is 1.37. The van der Waals surface area contributed by atoms with Crippen LogP contribution in [0.5, 0.6) is 0 Å². The minimum absolute atomic E-state index is 0.0716. The smallest absolute Gasteiger partial charge is 0.358 e. The number of nitrogens with zero attached hydrogens (tertiary/aromatic N) is 1. The molecule has 0 bridgehead atoms. The molecule has 0 spiro atoms. The van der Waals surface area contributed by atoms with Gasteiger partial charge in [-0.3, -0.25) is 19.2 Å². The van der Waals surface area contributed by atoms with E-state index in [-0.39, 0.29) is 34.7 Å². The number of nitrogens with one attached hydrogen (secondary N) is 1. The molecule has 11 heteroatoms. The van der Waals surface area contributed by atoms with Crippen molar-refractivity contribution in [2.45, 2.75) is 65.4 Å². The number of amides is 2. The highest BCUT2D eigenvalue weighted by Crippen LogP contribution is 2.52. The van der Waals surface area contributed by atoms with E-state index in [2.05, 4.69) is 5.32 Å². The van der Waals surface area contributed by atoms with Crippen LogP contribution >= 0.6 is 11.8 Å². The van der Waals surface area contributed by atoms with Crippen molar-refractivity contribution in [3.05, 3.63) is 10.6 Å². The second-order valence-electron chi connectivity index (χ2n) is 9.52. The summed E-state index contributed by atoms with van der Waals surface area (Å²) < 4.78 is 15.5. The average Bonchev–Trinajstić information content (AvgIpc) is 3.20. The van der Waals surface area contributed by atoms with Gasteiger partial charge in [0, 0.05) is 36.0 Å². The molecule has 4 unspecified atom stereocenters. The number of ether oxygens (including phenoxy) is 3. The molecule has 0 aromatic carbocycles. The van der Waals surface area contributed by atoms with E-state index in [1.165, 1.54) is 23.6 Å². The van der Waals surface area contributed by atoms with E-state index in [0.29, 0.717) is 17.9 Å². The molecule has 10 nitrogen and oxygen atoms in total. The van der Waals surface area contributed by atoms with Crippen LogP contribution < -0.4 is 5.32 Å². The summed E-state index contributed by atoms with van der Waals surface area (Å²) in [5.41, 5.74) is -0.658. The number of β-lactam (4-membered cyclic amide) rings is 1. The molecule has 0 aromatic rings. The summed E-state index contributed by atoms with van der Waals surface area (Å²) in [4.78, 5) is 63.1. The van der Waals surface area contributed by atoms with Gasteiger partial charge in [0.15, 0.2) is 0 Å². The summed E-state index contributed by atoms with van der Waals surface area (Å²) in [7, 11) is 0. The zero-order valence-electron chi connectivity index (χ0n) is 19.6. The lowest BCUT2D eigenvalue weighted by Crippen LogP contribution is -2.64. The number of carbonyl (C=O) groups is 5. The van der Waals surface area contributed by atoms with Crippen molar-refractivity contribution in [3.63, 3.8) is 0 Å². The zero-order valence-corrected chi connectivity index (χ0v) is 20.4. The van der Waals surface area contributed by atoms with Gasteiger partial charge in [-0.1, -0.05) is 6.92 Å². The highest BCUT2D eigenvalue weighted by atomic mass is 32.2. The normalized spacial score (nSPS) is 27.5. The van der Waals surface area contributed by atoms with Crippen LogP contribution in [0.3, 0.4) is 0 Å². The first-order chi connectivity index (χ1) is 15.3. The van der Waals surface area contributed by atoms with E-state index < -0.39 is 42.1 Å². The molecule has 3 aliphatic heterocycles. The molecule has 3 heterocycles. The van der Waals surface area contributed by atoms with Crippen LogP contribution in [0.15, 0.2) is 10.6 Å². The van der Waals surface area contributed by atoms with Gasteiger partial charge in [0.1, 0.15) is 11.8 Å². The van der Waals surface area contributed by atoms with Crippen LogP contribution in [0.2, 0.25) is 0 Å². The lowest BCUT2D eigenvalue weighted by molar-refractivity contribution is -0.178. The predicted octanol–water partition coefficient (Wildman–Crippen LogP) is 1.34. The number of fused-ring (bicyclic) bond motifs is 1. The standard InChI is InChI=1S/C22H30N2O8S/c1-10-16-15(11(2)32-12(3)25)19(27)24(16)17(18(10)33-13-7-14(26)23-8-13)20(28)30-9-31-21(29)22(4,5)6/h10-11,13,15-16H,7-9H2,1-6H3,(H,23,26)/t10?,11?,13?,15?,16-/m0/s1. The highest BCUT2D eigenvalue weighted by molar-refractivity contribution is 8.03. The molecule has 2 fully saturated rings. The number of carbonyl (C=O) groups excluding carboxylic acids is 5. The van der Waals surface area contributed by atoms with Gasteiger partial charge in [0.2, 0.25) is 18.6 Å². The molecular weight excluding hydrogens is 452 g/mol. The predicted molar refractivity (Wildman–Crippen MR) is 117 cm³/mol. The molecule has 2 amide bonds. The van der Waals surface area contributed by atoms with Gasteiger partial charge in [-0.25, -0.2) is 4.79 Å². The van der Waals surface area contributed by atoms with E-state index in [4.69, 9.17) is 14.2 Å². The SMILES string of the molecule is CC(=O)OC(C)C1C(=O)N2C(C(=O)OCOC(=O)C(C)(C)C)=C(SC3CNC(=O)C3)C(C)[C@@H]12. The number of hydrogen-bond donors (Lipinski definition) is 1. The molecule has 33 heavy (non-hydrogen) atoms. The number of hydrogen-bond acceptors (Lipinski definition) is 9. The van der Waals surface area contributed by atoms with Gasteiger partial charge in [-0.15, -0.1) is 11.8 Å². The molecule has 3 aliphatic rings. The minimum Gasteiger partial charge on any atom is -0.462 e. The lowest BCUT2D eigenvalue weighted by atomic mass is 9.79. The first-order valence-electron chi connectivity index (χ1n) is 10.8. The monoisotopic (exact) mass is 482 g/mol. The third-order valence-electron chi connectivity index (χ3n) is 5.87. The van der Waals surface area contributed by atoms with Gasteiger partial charge in [0.25, 0.3) is 0 Å². The maximum atomic E-state index is 13.0. The first kappa shape index (κ1) is 25.1. The molecule has 0 aliphatic carbocycles. The van der Waals surface area contributed by atoms with E-state index in [0.717, 1.165) is 0 Å². The minimum atomic E-state index is -0.780. The van der Waals surface area contributed by atoms with E-state index in [9.17, 15) is 24.0 Å². The Morgan fingerprint density at radius 3 is 2.42 bits per heavy atom. The van der Waals surface area contributed by atoms with Gasteiger partial charge in [0.05, 0.1) is 17.4 Å². The van der Waals surface area contributed by atoms with Gasteiger partial charge in [-0.2, -0.15) is 0 Å². The third kappa shape index (κ3) is 5.02. The number of esters is 3. The molecule has 2 saturated heterocycles. The molecule has 0 radical (unpaired) electrons. The topological polar surface area (TPSA) is 128 Å². The lowest BCUT2D eigenvalue weighted by Gasteiger charge is -2.47. The Kier molecular flexibility index (Phi) is 7.11. The summed E-state index contributed by atoms with van der Waals surface area (Å²) in [6.07, 6.45) is -0.346. The Hall–Kier alpha value is -2.56. The quantitative estimate of drug-likeness (QED) is 0.325. The van der Waals surface area contributed by atoms with Crippen molar-refractivity contribution in [1.82, 2.24) is 10.2 Å². The molecule has 0 aromatic heterocycles. The largest absolute Gasteiger partial charge is 0.462 e. The fourth-order valence-corrected chi connectivity index (χ4v) is 5.66. The maximum Gasteiger partial charge on any atom is 0.358 e. The fraction of sp³-hybridized carbons (Fsp3) is 0.682. The second-order valence-corrected chi connectivity index (χ2v) is 10.9. The van der Waals surface area contributed by atoms with Crippen LogP contribution in [-0.2, 0) is 38.2 Å². The molecule has 0 saturated carbocycles. The van der Waals surface area contributed by atoms with Crippen LogP contribution in [0.1, 0.15) is 48.0 Å². The van der Waals surface area contributed by atoms with E-state index >= 15 is 0 Å². The van der Waals surface area contributed by atoms with Gasteiger partial charge in [-0.05, 0) is 27.7 Å². The number of thioether (sulfide) groups is 1. The van der Waals surface area contributed by atoms with Crippen molar-refractivity contribution in [1.29, 1.82) is 0 Å². The average molecular weight is 483 g/mol. The Labute approximate surface area is 196 Å². The fourth-order valence-electron chi connectivity index (χ4n) is 4.25. The first-order valence-corrected chi connectivity index (χ1v) is 11.7. The molecule has 3 rings (SSSR count). The summed E-state index contributed by atoms with van der Waals surface area (Å²) in [5.74, 6) is -3.02. The summed E-state index contributed by atoms with van der Waals surface area (Å²) in [5, 5.41) is 2.68. The van der Waals surface area contributed by atoms with Gasteiger partial charge < -0.3 is 24.4 Å². The van der Waals surface area contributed by atoms with Crippen LogP contribution in [0.25, 0.3) is 0 Å². The second kappa shape index (κ2) is 9.36. The van der Waals surface area contributed by atoms with E-state index in [1.54, 1.807) is 27.7 Å².